The Balaban J connectivity index is 0.00000133. The van der Waals surface area contributed by atoms with E-state index in [0.29, 0.717) is 6.79 Å². The molecule has 19 heavy (non-hydrogen) atoms. The maximum absolute atomic E-state index is 5.32. The number of fused-ring (bicyclic) bond motifs is 1. The molecule has 0 saturated carbocycles. The van der Waals surface area contributed by atoms with Crippen LogP contribution >= 0.6 is 24.0 Å². The van der Waals surface area contributed by atoms with E-state index in [2.05, 4.69) is 20.8 Å². The monoisotopic (exact) mass is 374 g/mol. The third-order valence-corrected chi connectivity index (χ3v) is 2.70. The summed E-state index contributed by atoms with van der Waals surface area (Å²) < 4.78 is 10.6. The van der Waals surface area contributed by atoms with E-state index in [4.69, 9.17) is 9.47 Å². The molecule has 2 heterocycles. The van der Waals surface area contributed by atoms with Gasteiger partial charge in [0.2, 0.25) is 12.8 Å². The lowest BCUT2D eigenvalue weighted by molar-refractivity contribution is 0.174. The summed E-state index contributed by atoms with van der Waals surface area (Å²) in [5.41, 5.74) is 3.99. The van der Waals surface area contributed by atoms with E-state index in [1.165, 1.54) is 0 Å². The van der Waals surface area contributed by atoms with Crippen LogP contribution in [0.3, 0.4) is 0 Å². The molecule has 0 unspecified atom stereocenters. The van der Waals surface area contributed by atoms with Crippen molar-refractivity contribution >= 4 is 36.2 Å². The van der Waals surface area contributed by atoms with Crippen molar-refractivity contribution in [2.24, 2.45) is 10.1 Å². The number of nitrogens with zero attached hydrogens (tertiary/aromatic N) is 2. The van der Waals surface area contributed by atoms with Gasteiger partial charge >= 0.3 is 0 Å². The van der Waals surface area contributed by atoms with Crippen LogP contribution in [0.25, 0.3) is 0 Å². The number of hydrogen-bond donors (Lipinski definition) is 2. The molecule has 2 N–H and O–H groups in total. The summed E-state index contributed by atoms with van der Waals surface area (Å²) in [7, 11) is 0. The number of hydrogen-bond acceptors (Lipinski definition) is 6. The van der Waals surface area contributed by atoms with Crippen molar-refractivity contribution in [2.75, 3.05) is 19.9 Å². The van der Waals surface area contributed by atoms with Crippen molar-refractivity contribution in [3.05, 3.63) is 23.8 Å². The van der Waals surface area contributed by atoms with Gasteiger partial charge in [-0.2, -0.15) is 5.10 Å². The Labute approximate surface area is 128 Å². The van der Waals surface area contributed by atoms with Crippen molar-refractivity contribution in [1.29, 1.82) is 0 Å². The van der Waals surface area contributed by atoms with Gasteiger partial charge in [0.05, 0.1) is 6.54 Å². The van der Waals surface area contributed by atoms with Crippen LogP contribution in [0.15, 0.2) is 28.3 Å². The first-order valence-electron chi connectivity index (χ1n) is 5.86. The standard InChI is InChI=1S/C12H14N4O2.HI/c1-2-10-11(18-8-17-10)7-9(1)3-4-15-16-12-13-5-6-14-12;/h1-2,4,7H,3,5-6,8H2,(H2,13,14,16);1H/b15-4+;. The Morgan fingerprint density at radius 3 is 3.11 bits per heavy atom. The Hall–Kier alpha value is -1.51. The van der Waals surface area contributed by atoms with Gasteiger partial charge in [-0.3, -0.25) is 0 Å². The lowest BCUT2D eigenvalue weighted by Crippen LogP contribution is -2.30. The summed E-state index contributed by atoms with van der Waals surface area (Å²) in [4.78, 5) is 4.17. The minimum absolute atomic E-state index is 0. The van der Waals surface area contributed by atoms with E-state index in [9.17, 15) is 0 Å². The molecule has 0 aliphatic carbocycles. The van der Waals surface area contributed by atoms with Crippen molar-refractivity contribution in [3.63, 3.8) is 0 Å². The van der Waals surface area contributed by atoms with Crippen LogP contribution in [0.5, 0.6) is 11.5 Å². The fourth-order valence-corrected chi connectivity index (χ4v) is 1.80. The van der Waals surface area contributed by atoms with Crippen LogP contribution in [0.1, 0.15) is 5.56 Å². The molecule has 2 aliphatic heterocycles. The second kappa shape index (κ2) is 6.60. The zero-order valence-corrected chi connectivity index (χ0v) is 12.6. The summed E-state index contributed by atoms with van der Waals surface area (Å²) in [5, 5.41) is 7.18. The lowest BCUT2D eigenvalue weighted by Gasteiger charge is -2.00. The van der Waals surface area contributed by atoms with Crippen LogP contribution in [0, 0.1) is 0 Å². The van der Waals surface area contributed by atoms with Crippen LogP contribution < -0.4 is 20.2 Å². The highest BCUT2D eigenvalue weighted by molar-refractivity contribution is 14.0. The second-order valence-electron chi connectivity index (χ2n) is 3.97. The molecular weight excluding hydrogens is 359 g/mol. The van der Waals surface area contributed by atoms with Crippen molar-refractivity contribution < 1.29 is 9.47 Å². The molecule has 0 fully saturated rings. The maximum atomic E-state index is 5.32. The summed E-state index contributed by atoms with van der Waals surface area (Å²) in [6, 6.07) is 5.89. The Kier molecular flexibility index (Phi) is 4.83. The van der Waals surface area contributed by atoms with Gasteiger partial charge in [-0.25, -0.2) is 10.4 Å². The molecular formula is C12H15IN4O2. The van der Waals surface area contributed by atoms with Gasteiger partial charge in [0.15, 0.2) is 11.5 Å². The van der Waals surface area contributed by atoms with Gasteiger partial charge in [0, 0.05) is 19.2 Å². The lowest BCUT2D eigenvalue weighted by atomic mass is 10.1. The average molecular weight is 374 g/mol. The summed E-state index contributed by atoms with van der Waals surface area (Å²) >= 11 is 0. The molecule has 0 bridgehead atoms. The number of hydrazone groups is 1. The van der Waals surface area contributed by atoms with E-state index >= 15 is 0 Å². The smallest absolute Gasteiger partial charge is 0.231 e. The first kappa shape index (κ1) is 13.9. The molecule has 0 amide bonds. The molecule has 2 aliphatic rings. The number of guanidine groups is 1. The maximum Gasteiger partial charge on any atom is 0.231 e. The number of halogens is 1. The normalized spacial score (nSPS) is 15.9. The fraction of sp³-hybridized carbons (Fsp3) is 0.333. The molecule has 102 valence electrons. The molecule has 0 atom stereocenters. The van der Waals surface area contributed by atoms with E-state index in [1.807, 2.05) is 18.2 Å². The predicted molar refractivity (Wildman–Crippen MR) is 83.6 cm³/mol. The van der Waals surface area contributed by atoms with Gasteiger partial charge in [-0.05, 0) is 17.7 Å². The molecule has 1 aromatic carbocycles. The number of rotatable bonds is 3. The predicted octanol–water partition coefficient (Wildman–Crippen LogP) is 1.11. The highest BCUT2D eigenvalue weighted by Gasteiger charge is 2.12. The highest BCUT2D eigenvalue weighted by atomic mass is 127. The van der Waals surface area contributed by atoms with Crippen molar-refractivity contribution in [2.45, 2.75) is 6.42 Å². The van der Waals surface area contributed by atoms with Crippen molar-refractivity contribution in [1.82, 2.24) is 10.7 Å². The Bertz CT molecular complexity index is 505. The van der Waals surface area contributed by atoms with E-state index in [-0.39, 0.29) is 24.0 Å². The van der Waals surface area contributed by atoms with Gasteiger partial charge in [0.1, 0.15) is 0 Å². The van der Waals surface area contributed by atoms with Gasteiger partial charge in [0.25, 0.3) is 0 Å². The largest absolute Gasteiger partial charge is 0.454 e. The Morgan fingerprint density at radius 2 is 2.26 bits per heavy atom. The number of nitrogens with one attached hydrogen (secondary N) is 2. The first-order chi connectivity index (χ1) is 8.92. The molecule has 0 saturated heterocycles. The molecule has 6 nitrogen and oxygen atoms in total. The van der Waals surface area contributed by atoms with Gasteiger partial charge in [-0.1, -0.05) is 6.07 Å². The van der Waals surface area contributed by atoms with Crippen LogP contribution in [0.4, 0.5) is 0 Å². The molecule has 0 radical (unpaired) electrons. The molecule has 1 aromatic rings. The summed E-state index contributed by atoms with van der Waals surface area (Å²) in [5.74, 6) is 2.34. The van der Waals surface area contributed by atoms with Crippen LogP contribution in [0.2, 0.25) is 0 Å². The third-order valence-electron chi connectivity index (χ3n) is 2.70. The van der Waals surface area contributed by atoms with Crippen LogP contribution in [-0.4, -0.2) is 32.1 Å². The minimum atomic E-state index is 0. The topological polar surface area (TPSA) is 67.2 Å². The van der Waals surface area contributed by atoms with Crippen LogP contribution in [-0.2, 0) is 6.42 Å². The quantitative estimate of drug-likeness (QED) is 0.473. The highest BCUT2D eigenvalue weighted by Crippen LogP contribution is 2.32. The van der Waals surface area contributed by atoms with Gasteiger partial charge in [-0.15, -0.1) is 24.0 Å². The third kappa shape index (κ3) is 3.49. The number of benzene rings is 1. The molecule has 7 heteroatoms. The molecule has 3 rings (SSSR count). The van der Waals surface area contributed by atoms with E-state index < -0.39 is 0 Å². The summed E-state index contributed by atoms with van der Waals surface area (Å²) in [6.45, 7) is 1.99. The fourth-order valence-electron chi connectivity index (χ4n) is 1.80. The SMILES string of the molecule is C(/Cc1ccc2c(c1)OCO2)=N\NC1=NCCN1.I. The van der Waals surface area contributed by atoms with Gasteiger partial charge < -0.3 is 14.8 Å². The minimum Gasteiger partial charge on any atom is -0.454 e. The average Bonchev–Trinajstić information content (AvgIpc) is 3.05. The molecule has 0 aromatic heterocycles. The molecule has 0 spiro atoms. The number of aliphatic imine (C=N–C) groups is 1. The van der Waals surface area contributed by atoms with E-state index in [0.717, 1.165) is 42.5 Å². The first-order valence-corrected chi connectivity index (χ1v) is 5.86. The zero-order valence-electron chi connectivity index (χ0n) is 10.3. The second-order valence-corrected chi connectivity index (χ2v) is 3.97. The number of ether oxygens (including phenoxy) is 2. The van der Waals surface area contributed by atoms with E-state index in [1.54, 1.807) is 6.21 Å². The zero-order chi connectivity index (χ0) is 12.2. The summed E-state index contributed by atoms with van der Waals surface area (Å²) in [6.07, 6.45) is 2.54. The Morgan fingerprint density at radius 1 is 1.37 bits per heavy atom. The van der Waals surface area contributed by atoms with Crippen molar-refractivity contribution in [3.8, 4) is 11.5 Å².